The Morgan fingerprint density at radius 3 is 2.67 bits per heavy atom. The summed E-state index contributed by atoms with van der Waals surface area (Å²) in [5.74, 6) is 0.472. The Morgan fingerprint density at radius 2 is 2.11 bits per heavy atom. The van der Waals surface area contributed by atoms with E-state index in [2.05, 4.69) is 4.98 Å². The molecule has 0 spiro atoms. The molecule has 1 aliphatic rings. The number of carbonyl (C=O) groups is 1. The van der Waals surface area contributed by atoms with Crippen molar-refractivity contribution in [1.29, 1.82) is 0 Å². The second-order valence-corrected chi connectivity index (χ2v) is 5.17. The quantitative estimate of drug-likeness (QED) is 0.855. The topological polar surface area (TPSA) is 76.2 Å². The van der Waals surface area contributed by atoms with Crippen molar-refractivity contribution in [3.8, 4) is 0 Å². The lowest BCUT2D eigenvalue weighted by Gasteiger charge is -2.27. The second kappa shape index (κ2) is 5.48. The van der Waals surface area contributed by atoms with E-state index in [0.717, 1.165) is 31.2 Å². The van der Waals surface area contributed by atoms with E-state index in [4.69, 9.17) is 10.8 Å². The van der Waals surface area contributed by atoms with Crippen LogP contribution in [0, 0.1) is 12.8 Å². The number of primary amides is 1. The lowest BCUT2D eigenvalue weighted by atomic mass is 9.79. The number of rotatable bonds is 3. The van der Waals surface area contributed by atoms with E-state index in [1.165, 1.54) is 0 Å². The summed E-state index contributed by atoms with van der Waals surface area (Å²) in [5.41, 5.74) is 7.66. The van der Waals surface area contributed by atoms with Crippen molar-refractivity contribution in [2.24, 2.45) is 11.7 Å². The summed E-state index contributed by atoms with van der Waals surface area (Å²) in [7, 11) is 0. The Hall–Kier alpha value is -1.42. The number of pyridine rings is 1. The van der Waals surface area contributed by atoms with E-state index >= 15 is 0 Å². The van der Waals surface area contributed by atoms with Crippen molar-refractivity contribution in [3.05, 3.63) is 29.1 Å². The summed E-state index contributed by atoms with van der Waals surface area (Å²) in [4.78, 5) is 15.6. The fraction of sp³-hybridized carbons (Fsp3) is 0.571. The van der Waals surface area contributed by atoms with Crippen LogP contribution in [-0.2, 0) is 0 Å². The number of hydrogen-bond donors (Lipinski definition) is 2. The van der Waals surface area contributed by atoms with Gasteiger partial charge in [0.1, 0.15) is 0 Å². The highest BCUT2D eigenvalue weighted by Crippen LogP contribution is 2.35. The van der Waals surface area contributed by atoms with Gasteiger partial charge in [0, 0.05) is 18.5 Å². The highest BCUT2D eigenvalue weighted by molar-refractivity contribution is 5.93. The van der Waals surface area contributed by atoms with Crippen molar-refractivity contribution in [1.82, 2.24) is 4.98 Å². The van der Waals surface area contributed by atoms with Gasteiger partial charge in [-0.15, -0.1) is 0 Å². The Kier molecular flexibility index (Phi) is 3.97. The van der Waals surface area contributed by atoms with Gasteiger partial charge in [0.05, 0.1) is 5.56 Å². The zero-order valence-corrected chi connectivity index (χ0v) is 10.7. The third-order valence-corrected chi connectivity index (χ3v) is 3.95. The molecular formula is C14H20N2O2. The molecule has 1 heterocycles. The fourth-order valence-corrected chi connectivity index (χ4v) is 2.70. The Morgan fingerprint density at radius 1 is 1.44 bits per heavy atom. The first kappa shape index (κ1) is 13.0. The molecule has 0 saturated heterocycles. The average molecular weight is 248 g/mol. The summed E-state index contributed by atoms with van der Waals surface area (Å²) in [6, 6.07) is 1.88. The molecule has 0 atom stereocenters. The van der Waals surface area contributed by atoms with E-state index in [0.29, 0.717) is 23.1 Å². The van der Waals surface area contributed by atoms with Crippen molar-refractivity contribution >= 4 is 5.91 Å². The minimum atomic E-state index is -0.411. The molecular weight excluding hydrogens is 228 g/mol. The molecule has 1 aliphatic carbocycles. The third-order valence-electron chi connectivity index (χ3n) is 3.95. The fourth-order valence-electron chi connectivity index (χ4n) is 2.70. The van der Waals surface area contributed by atoms with Crippen LogP contribution in [0.1, 0.15) is 53.2 Å². The maximum atomic E-state index is 11.3. The van der Waals surface area contributed by atoms with Crippen molar-refractivity contribution in [2.45, 2.75) is 38.5 Å². The minimum Gasteiger partial charge on any atom is -0.396 e. The van der Waals surface area contributed by atoms with Gasteiger partial charge in [-0.05, 0) is 56.1 Å². The summed E-state index contributed by atoms with van der Waals surface area (Å²) in [6.07, 6.45) is 6.04. The van der Waals surface area contributed by atoms with Gasteiger partial charge < -0.3 is 10.8 Å². The molecule has 0 aliphatic heterocycles. The molecule has 3 N–H and O–H groups in total. The lowest BCUT2D eigenvalue weighted by molar-refractivity contribution is 0.0999. The number of nitrogens with zero attached hydrogens (tertiary/aromatic N) is 1. The molecule has 1 fully saturated rings. The van der Waals surface area contributed by atoms with E-state index in [9.17, 15) is 4.79 Å². The molecule has 0 radical (unpaired) electrons. The molecule has 18 heavy (non-hydrogen) atoms. The van der Waals surface area contributed by atoms with Crippen LogP contribution in [-0.4, -0.2) is 22.6 Å². The Bertz CT molecular complexity index is 437. The average Bonchev–Trinajstić information content (AvgIpc) is 2.39. The Balaban J connectivity index is 2.15. The number of hydrogen-bond acceptors (Lipinski definition) is 3. The molecule has 1 aromatic heterocycles. The van der Waals surface area contributed by atoms with E-state index in [-0.39, 0.29) is 6.61 Å². The van der Waals surface area contributed by atoms with Crippen LogP contribution in [0.3, 0.4) is 0 Å². The summed E-state index contributed by atoms with van der Waals surface area (Å²) in [5, 5.41) is 9.13. The molecule has 1 aromatic rings. The van der Waals surface area contributed by atoms with E-state index in [1.807, 2.05) is 12.3 Å². The Labute approximate surface area is 107 Å². The van der Waals surface area contributed by atoms with Crippen molar-refractivity contribution < 1.29 is 9.90 Å². The summed E-state index contributed by atoms with van der Waals surface area (Å²) < 4.78 is 0. The van der Waals surface area contributed by atoms with Crippen LogP contribution in [0.15, 0.2) is 12.3 Å². The molecule has 0 unspecified atom stereocenters. The molecule has 2 rings (SSSR count). The smallest absolute Gasteiger partial charge is 0.250 e. The highest BCUT2D eigenvalue weighted by atomic mass is 16.3. The van der Waals surface area contributed by atoms with Gasteiger partial charge in [-0.25, -0.2) is 0 Å². The summed E-state index contributed by atoms with van der Waals surface area (Å²) in [6.45, 7) is 2.08. The highest BCUT2D eigenvalue weighted by Gasteiger charge is 2.23. The first-order valence-electron chi connectivity index (χ1n) is 6.49. The normalized spacial score (nSPS) is 23.9. The summed E-state index contributed by atoms with van der Waals surface area (Å²) >= 11 is 0. The van der Waals surface area contributed by atoms with E-state index < -0.39 is 5.91 Å². The number of aromatic nitrogens is 1. The molecule has 4 heteroatoms. The number of aliphatic hydroxyl groups excluding tert-OH is 1. The van der Waals surface area contributed by atoms with Crippen molar-refractivity contribution in [3.63, 3.8) is 0 Å². The van der Waals surface area contributed by atoms with Crippen LogP contribution in [0.5, 0.6) is 0 Å². The largest absolute Gasteiger partial charge is 0.396 e. The standard InChI is InChI=1S/C14H20N2O2/c1-9-13(14(15)18)6-12(7-16-9)11-4-2-10(8-17)3-5-11/h6-7,10-11,17H,2-5,8H2,1H3,(H2,15,18). The van der Waals surface area contributed by atoms with Crippen LogP contribution < -0.4 is 5.73 Å². The van der Waals surface area contributed by atoms with Gasteiger partial charge in [0.25, 0.3) is 5.91 Å². The minimum absolute atomic E-state index is 0.283. The van der Waals surface area contributed by atoms with Gasteiger partial charge in [0.15, 0.2) is 0 Å². The SMILES string of the molecule is Cc1ncc(C2CCC(CO)CC2)cc1C(N)=O. The van der Waals surface area contributed by atoms with Gasteiger partial charge in [-0.2, -0.15) is 0 Å². The monoisotopic (exact) mass is 248 g/mol. The molecule has 1 saturated carbocycles. The zero-order valence-electron chi connectivity index (χ0n) is 10.7. The van der Waals surface area contributed by atoms with Gasteiger partial charge in [-0.3, -0.25) is 9.78 Å². The van der Waals surface area contributed by atoms with E-state index in [1.54, 1.807) is 6.92 Å². The van der Waals surface area contributed by atoms with Gasteiger partial charge >= 0.3 is 0 Å². The number of amides is 1. The maximum absolute atomic E-state index is 11.3. The second-order valence-electron chi connectivity index (χ2n) is 5.17. The third kappa shape index (κ3) is 2.70. The van der Waals surface area contributed by atoms with Crippen LogP contribution in [0.4, 0.5) is 0 Å². The molecule has 1 amide bonds. The van der Waals surface area contributed by atoms with Gasteiger partial charge in [-0.1, -0.05) is 0 Å². The zero-order chi connectivity index (χ0) is 13.1. The predicted octanol–water partition coefficient (Wildman–Crippen LogP) is 1.76. The number of aryl methyl sites for hydroxylation is 1. The van der Waals surface area contributed by atoms with Gasteiger partial charge in [0.2, 0.25) is 0 Å². The number of nitrogens with two attached hydrogens (primary N) is 1. The van der Waals surface area contributed by atoms with Crippen molar-refractivity contribution in [2.75, 3.05) is 6.61 Å². The molecule has 4 nitrogen and oxygen atoms in total. The first-order chi connectivity index (χ1) is 8.61. The number of aliphatic hydroxyl groups is 1. The van der Waals surface area contributed by atoms with Crippen LogP contribution in [0.2, 0.25) is 0 Å². The first-order valence-corrected chi connectivity index (χ1v) is 6.49. The molecule has 0 aromatic carbocycles. The van der Waals surface area contributed by atoms with Crippen LogP contribution >= 0.6 is 0 Å². The molecule has 0 bridgehead atoms. The maximum Gasteiger partial charge on any atom is 0.250 e. The lowest BCUT2D eigenvalue weighted by Crippen LogP contribution is -2.18. The predicted molar refractivity (Wildman–Crippen MR) is 69.3 cm³/mol. The van der Waals surface area contributed by atoms with Crippen LogP contribution in [0.25, 0.3) is 0 Å². The molecule has 98 valence electrons. The number of carbonyl (C=O) groups excluding carboxylic acids is 1.